The zero-order valence-corrected chi connectivity index (χ0v) is 18.9. The Labute approximate surface area is 181 Å². The molecule has 0 aliphatic carbocycles. The molecule has 0 N–H and O–H groups in total. The quantitative estimate of drug-likeness (QED) is 0.415. The van der Waals surface area contributed by atoms with Gasteiger partial charge in [-0.05, 0) is 54.5 Å². The van der Waals surface area contributed by atoms with E-state index in [1.54, 1.807) is 0 Å². The summed E-state index contributed by atoms with van der Waals surface area (Å²) >= 11 is 0. The number of unbranched alkanes of at least 4 members (excludes halogenated alkanes) is 1. The molecule has 1 aliphatic heterocycles. The van der Waals surface area contributed by atoms with Crippen LogP contribution in [0.3, 0.4) is 0 Å². The minimum atomic E-state index is -0.0377. The lowest BCUT2D eigenvalue weighted by Gasteiger charge is -2.17. The van der Waals surface area contributed by atoms with Crippen LogP contribution in [-0.2, 0) is 5.41 Å². The average molecular weight is 398 g/mol. The van der Waals surface area contributed by atoms with E-state index in [1.165, 1.54) is 51.8 Å². The lowest BCUT2D eigenvalue weighted by atomic mass is 9.79. The van der Waals surface area contributed by atoms with Gasteiger partial charge in [0.1, 0.15) is 6.54 Å². The van der Waals surface area contributed by atoms with Gasteiger partial charge in [-0.25, -0.2) is 0 Å². The molecule has 0 atom stereocenters. The number of anilines is 1. The maximum Gasteiger partial charge on any atom is 0.210 e. The lowest BCUT2D eigenvalue weighted by molar-refractivity contribution is -0.438. The van der Waals surface area contributed by atoms with Crippen LogP contribution >= 0.6 is 0 Å². The predicted octanol–water partition coefficient (Wildman–Crippen LogP) is 6.80. The fourth-order valence-electron chi connectivity index (χ4n) is 4.65. The molecule has 2 nitrogen and oxygen atoms in total. The van der Waals surface area contributed by atoms with E-state index in [0.717, 1.165) is 6.54 Å². The number of fused-ring (bicyclic) bond motifs is 3. The molecule has 0 fully saturated rings. The normalized spacial score (nSPS) is 15.2. The zero-order chi connectivity index (χ0) is 21.3. The Morgan fingerprint density at radius 1 is 0.900 bits per heavy atom. The van der Waals surface area contributed by atoms with Gasteiger partial charge in [0, 0.05) is 43.9 Å². The van der Waals surface area contributed by atoms with Gasteiger partial charge in [-0.3, -0.25) is 0 Å². The Balaban J connectivity index is 1.80. The van der Waals surface area contributed by atoms with Crippen molar-refractivity contribution in [2.24, 2.45) is 0 Å². The minimum absolute atomic E-state index is 0.0377. The van der Waals surface area contributed by atoms with Crippen molar-refractivity contribution in [3.05, 3.63) is 77.9 Å². The van der Waals surface area contributed by atoms with E-state index in [9.17, 15) is 0 Å². The molecule has 3 aromatic carbocycles. The van der Waals surface area contributed by atoms with Crippen molar-refractivity contribution in [3.63, 3.8) is 0 Å². The van der Waals surface area contributed by atoms with Gasteiger partial charge in [0.15, 0.2) is 5.71 Å². The number of rotatable bonds is 6. The molecule has 0 spiro atoms. The summed E-state index contributed by atoms with van der Waals surface area (Å²) in [6.45, 7) is 8.08. The third-order valence-corrected chi connectivity index (χ3v) is 6.33. The van der Waals surface area contributed by atoms with Gasteiger partial charge in [-0.1, -0.05) is 49.7 Å². The van der Waals surface area contributed by atoms with Crippen LogP contribution in [0.1, 0.15) is 44.7 Å². The van der Waals surface area contributed by atoms with Crippen LogP contribution in [0, 0.1) is 0 Å². The molecule has 2 heteroatoms. The van der Waals surface area contributed by atoms with Crippen molar-refractivity contribution >= 4 is 33.9 Å². The summed E-state index contributed by atoms with van der Waals surface area (Å²) in [4.78, 5) is 2.14. The summed E-state index contributed by atoms with van der Waals surface area (Å²) in [5.74, 6) is 0. The van der Waals surface area contributed by atoms with E-state index < -0.39 is 0 Å². The van der Waals surface area contributed by atoms with Crippen molar-refractivity contribution < 1.29 is 4.58 Å². The number of benzene rings is 3. The second-order valence-corrected chi connectivity index (χ2v) is 9.02. The highest BCUT2D eigenvalue weighted by atomic mass is 15.1. The molecule has 0 saturated carbocycles. The van der Waals surface area contributed by atoms with Gasteiger partial charge in [0.05, 0.1) is 5.41 Å². The third kappa shape index (κ3) is 3.56. The van der Waals surface area contributed by atoms with E-state index in [-0.39, 0.29) is 5.41 Å². The topological polar surface area (TPSA) is 6.25 Å². The van der Waals surface area contributed by atoms with Crippen LogP contribution in [-0.4, -0.2) is 30.9 Å². The summed E-state index contributed by atoms with van der Waals surface area (Å²) in [6.07, 6.45) is 7.00. The van der Waals surface area contributed by atoms with Crippen LogP contribution in [0.25, 0.3) is 16.8 Å². The molecule has 0 bridgehead atoms. The molecule has 0 radical (unpaired) electrons. The maximum atomic E-state index is 2.55. The first-order valence-electron chi connectivity index (χ1n) is 11.1. The molecular weight excluding hydrogens is 364 g/mol. The van der Waals surface area contributed by atoms with E-state index >= 15 is 0 Å². The predicted molar refractivity (Wildman–Crippen MR) is 131 cm³/mol. The summed E-state index contributed by atoms with van der Waals surface area (Å²) in [5.41, 5.74) is 6.64. The summed E-state index contributed by atoms with van der Waals surface area (Å²) in [7, 11) is 4.16. The summed E-state index contributed by atoms with van der Waals surface area (Å²) in [5, 5.41) is 2.70. The van der Waals surface area contributed by atoms with Gasteiger partial charge < -0.3 is 4.90 Å². The highest BCUT2D eigenvalue weighted by molar-refractivity contribution is 6.09. The number of hydrogen-bond acceptors (Lipinski definition) is 1. The van der Waals surface area contributed by atoms with Crippen molar-refractivity contribution in [3.8, 4) is 0 Å². The molecule has 0 unspecified atom stereocenters. The number of allylic oxidation sites excluding steroid dienone is 1. The number of nitrogens with zero attached hydrogens (tertiary/aromatic N) is 2. The Kier molecular flexibility index (Phi) is 5.51. The lowest BCUT2D eigenvalue weighted by Crippen LogP contribution is -2.28. The summed E-state index contributed by atoms with van der Waals surface area (Å²) < 4.78 is 2.55. The van der Waals surface area contributed by atoms with Crippen molar-refractivity contribution in [1.82, 2.24) is 0 Å². The van der Waals surface area contributed by atoms with Crippen molar-refractivity contribution in [2.75, 3.05) is 25.5 Å². The molecule has 154 valence electrons. The van der Waals surface area contributed by atoms with E-state index in [4.69, 9.17) is 0 Å². The molecule has 4 rings (SSSR count). The van der Waals surface area contributed by atoms with Crippen molar-refractivity contribution in [2.45, 2.75) is 39.0 Å². The Morgan fingerprint density at radius 2 is 1.63 bits per heavy atom. The molecular formula is C28H33N2+. The van der Waals surface area contributed by atoms with E-state index in [0.29, 0.717) is 0 Å². The standard InChI is InChI=1S/C28H33N2/c1-6-7-20-30-25-18-15-22-10-8-9-11-24(22)27(25)28(2,3)26(30)19-14-21-12-16-23(17-13-21)29(4)5/h8-19H,6-7,20H2,1-5H3/q+1. The minimum Gasteiger partial charge on any atom is -0.378 e. The van der Waals surface area contributed by atoms with E-state index in [1.807, 2.05) is 0 Å². The fourth-order valence-corrected chi connectivity index (χ4v) is 4.65. The smallest absolute Gasteiger partial charge is 0.210 e. The highest BCUT2D eigenvalue weighted by Gasteiger charge is 2.45. The fraction of sp³-hybridized carbons (Fsp3) is 0.321. The first kappa shape index (κ1) is 20.4. The second kappa shape index (κ2) is 8.10. The third-order valence-electron chi connectivity index (χ3n) is 6.33. The van der Waals surface area contributed by atoms with Gasteiger partial charge in [-0.2, -0.15) is 4.58 Å². The Hall–Kier alpha value is -2.87. The maximum absolute atomic E-state index is 2.55. The first-order chi connectivity index (χ1) is 14.4. The monoisotopic (exact) mass is 397 g/mol. The Bertz CT molecular complexity index is 1120. The molecule has 1 aliphatic rings. The highest BCUT2D eigenvalue weighted by Crippen LogP contribution is 2.44. The SMILES string of the molecule is CCCC[N+]1=C(/C=C/c2ccc(N(C)C)cc2)C(C)(C)c2c1ccc1ccccc21. The largest absolute Gasteiger partial charge is 0.378 e. The first-order valence-corrected chi connectivity index (χ1v) is 11.1. The van der Waals surface area contributed by atoms with Crippen LogP contribution < -0.4 is 4.90 Å². The van der Waals surface area contributed by atoms with Gasteiger partial charge in [-0.15, -0.1) is 0 Å². The van der Waals surface area contributed by atoms with Crippen molar-refractivity contribution in [1.29, 1.82) is 0 Å². The number of hydrogen-bond donors (Lipinski definition) is 0. The van der Waals surface area contributed by atoms with Crippen LogP contribution in [0.2, 0.25) is 0 Å². The molecule has 0 amide bonds. The van der Waals surface area contributed by atoms with Crippen LogP contribution in [0.5, 0.6) is 0 Å². The molecule has 0 aromatic heterocycles. The summed E-state index contributed by atoms with van der Waals surface area (Å²) in [6, 6.07) is 22.2. The van der Waals surface area contributed by atoms with Crippen LogP contribution in [0.4, 0.5) is 11.4 Å². The van der Waals surface area contributed by atoms with Crippen LogP contribution in [0.15, 0.2) is 66.7 Å². The Morgan fingerprint density at radius 3 is 2.33 bits per heavy atom. The average Bonchev–Trinajstić information content (AvgIpc) is 2.97. The molecule has 30 heavy (non-hydrogen) atoms. The second-order valence-electron chi connectivity index (χ2n) is 9.02. The van der Waals surface area contributed by atoms with Gasteiger partial charge in [0.25, 0.3) is 0 Å². The van der Waals surface area contributed by atoms with E-state index in [2.05, 4.69) is 117 Å². The molecule has 3 aromatic rings. The molecule has 0 saturated heterocycles. The van der Waals surface area contributed by atoms with Gasteiger partial charge in [0.2, 0.25) is 5.69 Å². The zero-order valence-electron chi connectivity index (χ0n) is 18.9. The molecule has 1 heterocycles. The van der Waals surface area contributed by atoms with Gasteiger partial charge >= 0.3 is 0 Å².